The van der Waals surface area contributed by atoms with Crippen molar-refractivity contribution in [3.63, 3.8) is 0 Å². The van der Waals surface area contributed by atoms with Crippen LogP contribution < -0.4 is 0 Å². The lowest BCUT2D eigenvalue weighted by atomic mass is 9.43. The number of fused-ring (bicyclic) bond motifs is 5. The Morgan fingerprint density at radius 2 is 1.73 bits per heavy atom. The number of aliphatic hydroxyl groups is 2. The third kappa shape index (κ3) is 2.69. The van der Waals surface area contributed by atoms with Gasteiger partial charge in [-0.25, -0.2) is 0 Å². The number of carbonyl (C=O) groups excluding carboxylic acids is 1. The highest BCUT2D eigenvalue weighted by atomic mass is 79.9. The van der Waals surface area contributed by atoms with Crippen molar-refractivity contribution in [3.05, 3.63) is 0 Å². The molecule has 0 aromatic rings. The van der Waals surface area contributed by atoms with Crippen molar-refractivity contribution >= 4 is 21.7 Å². The number of hydrogen-bond acceptors (Lipinski definition) is 3. The lowest BCUT2D eigenvalue weighted by molar-refractivity contribution is -0.185. The van der Waals surface area contributed by atoms with Gasteiger partial charge in [-0.1, -0.05) is 29.8 Å². The monoisotopic (exact) mass is 426 g/mol. The smallest absolute Gasteiger partial charge is 0.147 e. The molecule has 0 amide bonds. The second kappa shape index (κ2) is 6.29. The number of aliphatic hydroxyl groups excluding tert-OH is 1. The predicted molar refractivity (Wildman–Crippen MR) is 106 cm³/mol. The molecule has 4 fully saturated rings. The van der Waals surface area contributed by atoms with Gasteiger partial charge in [0.15, 0.2) is 0 Å². The molecule has 0 saturated heterocycles. The Hall–Kier alpha value is 0.0700. The molecule has 4 heteroatoms. The molecule has 3 nitrogen and oxygen atoms in total. The van der Waals surface area contributed by atoms with E-state index in [0.717, 1.165) is 51.4 Å². The molecule has 0 heterocycles. The maximum absolute atomic E-state index is 12.5. The van der Waals surface area contributed by atoms with Crippen LogP contribution in [0.2, 0.25) is 0 Å². The zero-order chi connectivity index (χ0) is 18.9. The van der Waals surface area contributed by atoms with Crippen molar-refractivity contribution in [1.82, 2.24) is 0 Å². The summed E-state index contributed by atoms with van der Waals surface area (Å²) >= 11 is 3.39. The van der Waals surface area contributed by atoms with Gasteiger partial charge in [-0.3, -0.25) is 4.79 Å². The van der Waals surface area contributed by atoms with Gasteiger partial charge in [-0.15, -0.1) is 0 Å². The predicted octanol–water partition coefficient (Wildman–Crippen LogP) is 4.33. The molecule has 4 saturated carbocycles. The number of alkyl halides is 1. The van der Waals surface area contributed by atoms with Gasteiger partial charge in [-0.2, -0.15) is 0 Å². The molecular weight excluding hydrogens is 392 g/mol. The van der Waals surface area contributed by atoms with E-state index in [-0.39, 0.29) is 22.9 Å². The van der Waals surface area contributed by atoms with Crippen LogP contribution in [0.5, 0.6) is 0 Å². The first-order chi connectivity index (χ1) is 12.1. The Kier molecular flexibility index (Phi) is 4.69. The summed E-state index contributed by atoms with van der Waals surface area (Å²) in [6, 6.07) is 0. The second-order valence-corrected chi connectivity index (χ2v) is 11.3. The van der Waals surface area contributed by atoms with Crippen LogP contribution in [0.15, 0.2) is 0 Å². The highest BCUT2D eigenvalue weighted by molar-refractivity contribution is 9.09. The molecule has 4 rings (SSSR count). The van der Waals surface area contributed by atoms with E-state index in [1.807, 2.05) is 6.92 Å². The average molecular weight is 427 g/mol. The summed E-state index contributed by atoms with van der Waals surface area (Å²) in [6.45, 7) is 6.74. The molecule has 0 bridgehead atoms. The quantitative estimate of drug-likeness (QED) is 0.645. The van der Waals surface area contributed by atoms with Gasteiger partial charge in [0.2, 0.25) is 0 Å². The Bertz CT molecular complexity index is 590. The molecule has 0 radical (unpaired) electrons. The fourth-order valence-electron chi connectivity index (χ4n) is 8.02. The number of carbonyl (C=O) groups is 1. The molecule has 0 unspecified atom stereocenters. The van der Waals surface area contributed by atoms with Gasteiger partial charge in [0.1, 0.15) is 5.78 Å². The topological polar surface area (TPSA) is 57.5 Å². The van der Waals surface area contributed by atoms with E-state index < -0.39 is 5.60 Å². The number of ketones is 1. The van der Waals surface area contributed by atoms with Crippen LogP contribution in [-0.4, -0.2) is 33.0 Å². The highest BCUT2D eigenvalue weighted by Crippen LogP contribution is 2.68. The fraction of sp³-hybridized carbons (Fsp3) is 0.955. The highest BCUT2D eigenvalue weighted by Gasteiger charge is 2.63. The largest absolute Gasteiger partial charge is 0.393 e. The number of halogens is 1. The molecule has 0 spiro atoms. The lowest BCUT2D eigenvalue weighted by Gasteiger charge is -2.63. The molecule has 0 aliphatic heterocycles. The first-order valence-electron chi connectivity index (χ1n) is 10.6. The van der Waals surface area contributed by atoms with E-state index in [2.05, 4.69) is 29.8 Å². The van der Waals surface area contributed by atoms with E-state index >= 15 is 0 Å². The minimum absolute atomic E-state index is 0.0658. The van der Waals surface area contributed by atoms with Crippen LogP contribution in [0.3, 0.4) is 0 Å². The fourth-order valence-corrected chi connectivity index (χ4v) is 8.41. The van der Waals surface area contributed by atoms with Crippen molar-refractivity contribution in [2.75, 3.05) is 5.33 Å². The van der Waals surface area contributed by atoms with Crippen molar-refractivity contribution in [2.24, 2.45) is 40.4 Å². The third-order valence-electron chi connectivity index (χ3n) is 9.49. The van der Waals surface area contributed by atoms with Crippen molar-refractivity contribution in [3.8, 4) is 0 Å². The zero-order valence-electron chi connectivity index (χ0n) is 16.5. The summed E-state index contributed by atoms with van der Waals surface area (Å²) in [4.78, 5) is 12.5. The second-order valence-electron chi connectivity index (χ2n) is 10.8. The minimum atomic E-state index is -0.569. The normalized spacial score (nSPS) is 56.4. The summed E-state index contributed by atoms with van der Waals surface area (Å²) in [6.07, 6.45) is 7.69. The maximum Gasteiger partial charge on any atom is 0.147 e. The summed E-state index contributed by atoms with van der Waals surface area (Å²) in [7, 11) is 0. The molecule has 0 aromatic carbocycles. The Morgan fingerprint density at radius 1 is 1.04 bits per heavy atom. The Labute approximate surface area is 166 Å². The zero-order valence-corrected chi connectivity index (χ0v) is 18.1. The van der Waals surface area contributed by atoms with Crippen molar-refractivity contribution < 1.29 is 15.0 Å². The molecule has 4 aliphatic rings. The van der Waals surface area contributed by atoms with E-state index in [9.17, 15) is 15.0 Å². The number of hydrogen-bond donors (Lipinski definition) is 2. The molecule has 9 atom stereocenters. The number of rotatable bonds is 2. The molecule has 2 N–H and O–H groups in total. The maximum atomic E-state index is 12.5. The van der Waals surface area contributed by atoms with E-state index in [1.165, 1.54) is 0 Å². The molecule has 26 heavy (non-hydrogen) atoms. The SMILES string of the molecule is C[C@@]1(O)CC[C@@]2(C)[C@@H](C[C@@H](O)[C@@H]3[C@@H]2CC[C@]2(C)[C@@H](C(=O)CBr)CC[C@@H]32)C1. The molecule has 4 aliphatic carbocycles. The summed E-state index contributed by atoms with van der Waals surface area (Å²) in [5.41, 5.74) is -0.262. The summed E-state index contributed by atoms with van der Waals surface area (Å²) in [5.74, 6) is 2.31. The van der Waals surface area contributed by atoms with Gasteiger partial charge >= 0.3 is 0 Å². The third-order valence-corrected chi connectivity index (χ3v) is 10.0. The van der Waals surface area contributed by atoms with Crippen LogP contribution in [-0.2, 0) is 4.79 Å². The summed E-state index contributed by atoms with van der Waals surface area (Å²) < 4.78 is 0. The van der Waals surface area contributed by atoms with Gasteiger partial charge in [0, 0.05) is 5.92 Å². The van der Waals surface area contributed by atoms with Crippen LogP contribution in [0, 0.1) is 40.4 Å². The van der Waals surface area contributed by atoms with E-state index in [0.29, 0.717) is 34.8 Å². The van der Waals surface area contributed by atoms with Gasteiger partial charge < -0.3 is 10.2 Å². The van der Waals surface area contributed by atoms with E-state index in [4.69, 9.17) is 0 Å². The van der Waals surface area contributed by atoms with Gasteiger partial charge in [0.05, 0.1) is 17.0 Å². The Balaban J connectivity index is 1.64. The average Bonchev–Trinajstić information content (AvgIpc) is 2.93. The van der Waals surface area contributed by atoms with Crippen LogP contribution in [0.25, 0.3) is 0 Å². The van der Waals surface area contributed by atoms with Gasteiger partial charge in [0.25, 0.3) is 0 Å². The molecule has 0 aromatic heterocycles. The van der Waals surface area contributed by atoms with Crippen LogP contribution >= 0.6 is 15.9 Å². The van der Waals surface area contributed by atoms with Crippen molar-refractivity contribution in [2.45, 2.75) is 83.8 Å². The van der Waals surface area contributed by atoms with Gasteiger partial charge in [-0.05, 0) is 92.8 Å². The van der Waals surface area contributed by atoms with Crippen LogP contribution in [0.1, 0.15) is 72.1 Å². The van der Waals surface area contributed by atoms with Crippen LogP contribution in [0.4, 0.5) is 0 Å². The van der Waals surface area contributed by atoms with E-state index in [1.54, 1.807) is 0 Å². The van der Waals surface area contributed by atoms with Crippen molar-refractivity contribution in [1.29, 1.82) is 0 Å². The lowest BCUT2D eigenvalue weighted by Crippen LogP contribution is -2.59. The summed E-state index contributed by atoms with van der Waals surface area (Å²) in [5, 5.41) is 22.3. The first kappa shape index (κ1) is 19.4. The molecular formula is C22H35BrO3. The number of Topliss-reactive ketones (excluding diaryl/α,β-unsaturated/α-hetero) is 1. The Morgan fingerprint density at radius 3 is 2.42 bits per heavy atom. The molecule has 148 valence electrons. The standard InChI is InChI=1S/C22H35BrO3/c1-20(26)8-9-21(2)13(11-20)10-17(24)19-15-5-4-14(18(25)12-23)22(15,3)7-6-16(19)21/h13-17,19,24,26H,4-12H2,1-3H3/t13-,14+,15-,16-,17+,19-,20+,21-,22+/m0/s1. The minimum Gasteiger partial charge on any atom is -0.393 e. The first-order valence-corrected chi connectivity index (χ1v) is 11.7.